The van der Waals surface area contributed by atoms with Gasteiger partial charge in [0.25, 0.3) is 0 Å². The van der Waals surface area contributed by atoms with Gasteiger partial charge in [-0.05, 0) is 13.8 Å². The van der Waals surface area contributed by atoms with Crippen LogP contribution in [-0.4, -0.2) is 39.6 Å². The van der Waals surface area contributed by atoms with Crippen LogP contribution in [0.25, 0.3) is 11.2 Å². The number of nitrogens with one attached hydrogen (secondary N) is 3. The van der Waals surface area contributed by atoms with Crippen LogP contribution in [0.5, 0.6) is 0 Å². The third kappa shape index (κ3) is 3.41. The Hall–Kier alpha value is -2.15. The number of aromatic nitrogens is 4. The van der Waals surface area contributed by atoms with Crippen LogP contribution in [-0.2, 0) is 0 Å². The Kier molecular flexibility index (Phi) is 4.30. The maximum Gasteiger partial charge on any atom is 0.202 e. The molecule has 0 saturated carbocycles. The van der Waals surface area contributed by atoms with E-state index in [9.17, 15) is 0 Å². The Balaban J connectivity index is 2.19. The Morgan fingerprint density at radius 2 is 2.21 bits per heavy atom. The first-order chi connectivity index (χ1) is 9.20. The molecule has 2 aromatic rings. The summed E-state index contributed by atoms with van der Waals surface area (Å²) in [6, 6.07) is 0. The first-order valence-corrected chi connectivity index (χ1v) is 6.22. The molecule has 7 heteroatoms. The maximum absolute atomic E-state index is 5.44. The lowest BCUT2D eigenvalue weighted by atomic mass is 10.3. The molecule has 0 unspecified atom stereocenters. The van der Waals surface area contributed by atoms with Gasteiger partial charge in [-0.25, -0.2) is 15.0 Å². The predicted molar refractivity (Wildman–Crippen MR) is 77.1 cm³/mol. The molecule has 0 saturated heterocycles. The van der Waals surface area contributed by atoms with Crippen LogP contribution in [0.2, 0.25) is 0 Å². The molecule has 2 aromatic heterocycles. The van der Waals surface area contributed by atoms with Crippen LogP contribution in [0.1, 0.15) is 13.8 Å². The molecule has 19 heavy (non-hydrogen) atoms. The Morgan fingerprint density at radius 3 is 2.95 bits per heavy atom. The summed E-state index contributed by atoms with van der Waals surface area (Å²) in [7, 11) is 0. The molecule has 2 rings (SSSR count). The second kappa shape index (κ2) is 6.14. The van der Waals surface area contributed by atoms with Gasteiger partial charge in [-0.2, -0.15) is 0 Å². The second-order valence-electron chi connectivity index (χ2n) is 4.38. The molecule has 0 amide bonds. The van der Waals surface area contributed by atoms with E-state index >= 15 is 0 Å². The molecule has 0 spiro atoms. The summed E-state index contributed by atoms with van der Waals surface area (Å²) >= 11 is 0. The van der Waals surface area contributed by atoms with Crippen molar-refractivity contribution in [1.82, 2.24) is 19.9 Å². The number of hydrogen-bond acceptors (Lipinski definition) is 6. The molecular weight excluding hydrogens is 242 g/mol. The van der Waals surface area contributed by atoms with E-state index in [1.165, 1.54) is 11.9 Å². The lowest BCUT2D eigenvalue weighted by Crippen LogP contribution is -2.13. The molecule has 0 aliphatic rings. The van der Waals surface area contributed by atoms with Crippen molar-refractivity contribution in [3.8, 4) is 0 Å². The average molecular weight is 261 g/mol. The van der Waals surface area contributed by atoms with Gasteiger partial charge < -0.3 is 21.4 Å². The molecule has 2 heterocycles. The van der Waals surface area contributed by atoms with Gasteiger partial charge in [0.2, 0.25) is 5.95 Å². The number of nitrogens with two attached hydrogens (primary N) is 1. The van der Waals surface area contributed by atoms with Gasteiger partial charge in [0, 0.05) is 19.6 Å². The molecule has 0 bridgehead atoms. The largest absolute Gasteiger partial charge is 0.365 e. The van der Waals surface area contributed by atoms with E-state index in [-0.39, 0.29) is 0 Å². The van der Waals surface area contributed by atoms with Crippen molar-refractivity contribution in [3.63, 3.8) is 0 Å². The first kappa shape index (κ1) is 13.3. The topological polar surface area (TPSA) is 105 Å². The highest BCUT2D eigenvalue weighted by Gasteiger charge is 2.08. The van der Waals surface area contributed by atoms with Crippen LogP contribution in [0, 0.1) is 0 Å². The maximum atomic E-state index is 5.44. The molecule has 0 atom stereocenters. The van der Waals surface area contributed by atoms with E-state index in [0.29, 0.717) is 31.2 Å². The number of aromatic amines is 1. The fourth-order valence-electron chi connectivity index (χ4n) is 1.58. The van der Waals surface area contributed by atoms with Crippen molar-refractivity contribution < 1.29 is 0 Å². The number of rotatable bonds is 6. The summed E-state index contributed by atoms with van der Waals surface area (Å²) in [6.07, 6.45) is 3.60. The minimum atomic E-state index is 0.550. The van der Waals surface area contributed by atoms with Gasteiger partial charge in [-0.3, -0.25) is 0 Å². The van der Waals surface area contributed by atoms with E-state index in [4.69, 9.17) is 5.73 Å². The highest BCUT2D eigenvalue weighted by Crippen LogP contribution is 2.18. The molecule has 102 valence electrons. The molecular formula is C12H19N7. The third-order valence-corrected chi connectivity index (χ3v) is 2.50. The zero-order valence-electron chi connectivity index (χ0n) is 11.2. The second-order valence-corrected chi connectivity index (χ2v) is 4.38. The number of allylic oxidation sites excluding steroid dienone is 1. The van der Waals surface area contributed by atoms with Crippen molar-refractivity contribution in [2.24, 2.45) is 5.73 Å². The SMILES string of the molecule is CC(C)=CCNc1ncnc2[nH]c(NCCN)nc12. The zero-order chi connectivity index (χ0) is 13.7. The van der Waals surface area contributed by atoms with Crippen LogP contribution in [0.3, 0.4) is 0 Å². The van der Waals surface area contributed by atoms with Crippen molar-refractivity contribution in [2.75, 3.05) is 30.3 Å². The number of anilines is 2. The average Bonchev–Trinajstić information content (AvgIpc) is 2.79. The van der Waals surface area contributed by atoms with Gasteiger partial charge in [-0.15, -0.1) is 0 Å². The number of H-pyrrole nitrogens is 1. The standard InChI is InChI=1S/C12H19N7/c1-8(2)3-5-14-10-9-11(17-7-16-10)19-12(18-9)15-6-4-13/h3,7H,4-6,13H2,1-2H3,(H3,14,15,16,17,18,19). The molecule has 0 aromatic carbocycles. The van der Waals surface area contributed by atoms with Gasteiger partial charge in [-0.1, -0.05) is 11.6 Å². The molecule has 0 aliphatic carbocycles. The smallest absolute Gasteiger partial charge is 0.202 e. The summed E-state index contributed by atoms with van der Waals surface area (Å²) in [5, 5.41) is 6.31. The van der Waals surface area contributed by atoms with Gasteiger partial charge in [0.05, 0.1) is 0 Å². The fourth-order valence-corrected chi connectivity index (χ4v) is 1.58. The van der Waals surface area contributed by atoms with E-state index in [2.05, 4.69) is 50.5 Å². The normalized spacial score (nSPS) is 10.5. The predicted octanol–water partition coefficient (Wildman–Crippen LogP) is 1.10. The van der Waals surface area contributed by atoms with E-state index in [1.807, 2.05) is 0 Å². The molecule has 0 radical (unpaired) electrons. The van der Waals surface area contributed by atoms with E-state index < -0.39 is 0 Å². The summed E-state index contributed by atoms with van der Waals surface area (Å²) in [5.41, 5.74) is 8.13. The molecule has 0 aliphatic heterocycles. The number of nitrogens with zero attached hydrogens (tertiary/aromatic N) is 3. The minimum absolute atomic E-state index is 0.550. The van der Waals surface area contributed by atoms with E-state index in [1.54, 1.807) is 0 Å². The number of fused-ring (bicyclic) bond motifs is 1. The number of imidazole rings is 1. The summed E-state index contributed by atoms with van der Waals surface area (Å²) in [6.45, 7) is 6.04. The summed E-state index contributed by atoms with van der Waals surface area (Å²) in [4.78, 5) is 15.9. The Labute approximate surface area is 111 Å². The lowest BCUT2D eigenvalue weighted by Gasteiger charge is -2.02. The van der Waals surface area contributed by atoms with Gasteiger partial charge in [0.1, 0.15) is 6.33 Å². The van der Waals surface area contributed by atoms with Crippen LogP contribution < -0.4 is 16.4 Å². The van der Waals surface area contributed by atoms with Crippen molar-refractivity contribution in [1.29, 1.82) is 0 Å². The third-order valence-electron chi connectivity index (χ3n) is 2.50. The lowest BCUT2D eigenvalue weighted by molar-refractivity contribution is 1.00. The quantitative estimate of drug-likeness (QED) is 0.580. The Morgan fingerprint density at radius 1 is 1.37 bits per heavy atom. The minimum Gasteiger partial charge on any atom is -0.365 e. The van der Waals surface area contributed by atoms with Crippen molar-refractivity contribution in [3.05, 3.63) is 18.0 Å². The highest BCUT2D eigenvalue weighted by molar-refractivity contribution is 5.84. The van der Waals surface area contributed by atoms with Gasteiger partial charge >= 0.3 is 0 Å². The Bertz CT molecular complexity index is 568. The molecule has 5 N–H and O–H groups in total. The van der Waals surface area contributed by atoms with Crippen molar-refractivity contribution >= 4 is 22.9 Å². The summed E-state index contributed by atoms with van der Waals surface area (Å²) < 4.78 is 0. The summed E-state index contributed by atoms with van der Waals surface area (Å²) in [5.74, 6) is 1.38. The van der Waals surface area contributed by atoms with Crippen molar-refractivity contribution in [2.45, 2.75) is 13.8 Å². The molecule has 0 fully saturated rings. The van der Waals surface area contributed by atoms with Crippen LogP contribution >= 0.6 is 0 Å². The first-order valence-electron chi connectivity index (χ1n) is 6.22. The molecule has 7 nitrogen and oxygen atoms in total. The monoisotopic (exact) mass is 261 g/mol. The fraction of sp³-hybridized carbons (Fsp3) is 0.417. The zero-order valence-corrected chi connectivity index (χ0v) is 11.2. The van der Waals surface area contributed by atoms with E-state index in [0.717, 1.165) is 11.3 Å². The van der Waals surface area contributed by atoms with Gasteiger partial charge in [0.15, 0.2) is 17.0 Å². The highest BCUT2D eigenvalue weighted by atomic mass is 15.2. The van der Waals surface area contributed by atoms with Crippen LogP contribution in [0.4, 0.5) is 11.8 Å². The number of hydrogen-bond donors (Lipinski definition) is 4. The van der Waals surface area contributed by atoms with Crippen LogP contribution in [0.15, 0.2) is 18.0 Å².